The summed E-state index contributed by atoms with van der Waals surface area (Å²) >= 11 is 0. The minimum Gasteiger partial charge on any atom is -0.295 e. The molecular formula is C13H17OP. The van der Waals surface area contributed by atoms with Crippen LogP contribution in [0, 0.1) is 5.92 Å². The Morgan fingerprint density at radius 1 is 1.47 bits per heavy atom. The van der Waals surface area contributed by atoms with Gasteiger partial charge >= 0.3 is 0 Å². The summed E-state index contributed by atoms with van der Waals surface area (Å²) in [4.78, 5) is 11.0. The second kappa shape index (κ2) is 4.90. The van der Waals surface area contributed by atoms with E-state index in [4.69, 9.17) is 0 Å². The van der Waals surface area contributed by atoms with Crippen LogP contribution in [0.5, 0.6) is 0 Å². The highest BCUT2D eigenvalue weighted by Crippen LogP contribution is 2.35. The van der Waals surface area contributed by atoms with Gasteiger partial charge in [-0.1, -0.05) is 32.9 Å². The molecule has 2 rings (SSSR count). The lowest BCUT2D eigenvalue weighted by Crippen LogP contribution is -2.12. The number of hydrogen-bond acceptors (Lipinski definition) is 1. The molecule has 0 radical (unpaired) electrons. The summed E-state index contributed by atoms with van der Waals surface area (Å²) in [6.07, 6.45) is 13.6. The number of rotatable bonds is 3. The molecule has 0 aromatic rings. The van der Waals surface area contributed by atoms with Gasteiger partial charge in [-0.05, 0) is 49.4 Å². The van der Waals surface area contributed by atoms with Crippen LogP contribution in [0.25, 0.3) is 0 Å². The van der Waals surface area contributed by atoms with Gasteiger partial charge in [0.05, 0.1) is 0 Å². The SMILES string of the molecule is CC(=O)PCC1CC=CC2=C1C=CCC2. The van der Waals surface area contributed by atoms with Crippen molar-refractivity contribution in [1.29, 1.82) is 0 Å². The molecule has 15 heavy (non-hydrogen) atoms. The van der Waals surface area contributed by atoms with E-state index in [0.29, 0.717) is 20.0 Å². The summed E-state index contributed by atoms with van der Waals surface area (Å²) in [5, 5.41) is 0. The maximum absolute atomic E-state index is 11.0. The Bertz CT molecular complexity index is 350. The summed E-state index contributed by atoms with van der Waals surface area (Å²) in [5.74, 6) is 0.601. The van der Waals surface area contributed by atoms with Crippen molar-refractivity contribution in [3.05, 3.63) is 35.5 Å². The van der Waals surface area contributed by atoms with Crippen molar-refractivity contribution in [2.75, 3.05) is 6.16 Å². The van der Waals surface area contributed by atoms with Crippen LogP contribution in [0.4, 0.5) is 0 Å². The summed E-state index contributed by atoms with van der Waals surface area (Å²) < 4.78 is 0. The number of carbonyl (C=O) groups excluding carboxylic acids is 1. The van der Waals surface area contributed by atoms with Crippen molar-refractivity contribution in [3.8, 4) is 0 Å². The Kier molecular flexibility index (Phi) is 3.53. The first-order valence-electron chi connectivity index (χ1n) is 5.58. The molecule has 0 saturated heterocycles. The molecule has 2 aliphatic carbocycles. The van der Waals surface area contributed by atoms with Crippen LogP contribution in [0.3, 0.4) is 0 Å². The van der Waals surface area contributed by atoms with Crippen molar-refractivity contribution >= 4 is 14.1 Å². The van der Waals surface area contributed by atoms with Crippen LogP contribution in [0.15, 0.2) is 35.5 Å². The van der Waals surface area contributed by atoms with Gasteiger partial charge in [0.15, 0.2) is 0 Å². The van der Waals surface area contributed by atoms with E-state index in [9.17, 15) is 4.79 Å². The maximum Gasteiger partial charge on any atom is 0.148 e. The molecule has 2 heteroatoms. The van der Waals surface area contributed by atoms with E-state index in [2.05, 4.69) is 24.3 Å². The molecule has 2 unspecified atom stereocenters. The Hall–Kier alpha value is -0.680. The third-order valence-corrected chi connectivity index (χ3v) is 4.22. The molecule has 0 aliphatic heterocycles. The predicted molar refractivity (Wildman–Crippen MR) is 66.5 cm³/mol. The van der Waals surface area contributed by atoms with Gasteiger partial charge in [0.1, 0.15) is 5.52 Å². The zero-order chi connectivity index (χ0) is 10.7. The van der Waals surface area contributed by atoms with Crippen LogP contribution >= 0.6 is 8.58 Å². The lowest BCUT2D eigenvalue weighted by Gasteiger charge is -2.25. The van der Waals surface area contributed by atoms with Crippen molar-refractivity contribution in [2.24, 2.45) is 5.92 Å². The Morgan fingerprint density at radius 3 is 3.13 bits per heavy atom. The molecule has 2 atom stereocenters. The Balaban J connectivity index is 2.07. The highest BCUT2D eigenvalue weighted by atomic mass is 31.1. The van der Waals surface area contributed by atoms with Crippen LogP contribution in [0.1, 0.15) is 26.2 Å². The second-order valence-electron chi connectivity index (χ2n) is 4.19. The van der Waals surface area contributed by atoms with Crippen LogP contribution in [-0.2, 0) is 4.79 Å². The smallest absolute Gasteiger partial charge is 0.148 e. The average molecular weight is 220 g/mol. The number of hydrogen-bond donors (Lipinski definition) is 0. The topological polar surface area (TPSA) is 17.1 Å². The fourth-order valence-corrected chi connectivity index (χ4v) is 3.16. The monoisotopic (exact) mass is 220 g/mol. The van der Waals surface area contributed by atoms with Gasteiger partial charge in [-0.25, -0.2) is 0 Å². The number of carbonyl (C=O) groups is 1. The summed E-state index contributed by atoms with van der Waals surface area (Å²) in [7, 11) is 0.483. The molecule has 0 aromatic heterocycles. The minimum atomic E-state index is 0.339. The van der Waals surface area contributed by atoms with Crippen molar-refractivity contribution in [1.82, 2.24) is 0 Å². The van der Waals surface area contributed by atoms with Gasteiger partial charge in [-0.15, -0.1) is 0 Å². The summed E-state index contributed by atoms with van der Waals surface area (Å²) in [6.45, 7) is 1.70. The van der Waals surface area contributed by atoms with Crippen molar-refractivity contribution in [2.45, 2.75) is 26.2 Å². The van der Waals surface area contributed by atoms with E-state index in [1.165, 1.54) is 24.0 Å². The maximum atomic E-state index is 11.0. The first-order valence-corrected chi connectivity index (χ1v) is 6.78. The zero-order valence-electron chi connectivity index (χ0n) is 9.12. The van der Waals surface area contributed by atoms with Crippen LogP contribution < -0.4 is 0 Å². The second-order valence-corrected chi connectivity index (χ2v) is 5.66. The van der Waals surface area contributed by atoms with E-state index in [1.54, 1.807) is 6.92 Å². The summed E-state index contributed by atoms with van der Waals surface area (Å²) in [5.41, 5.74) is 3.34. The van der Waals surface area contributed by atoms with Crippen LogP contribution in [-0.4, -0.2) is 11.7 Å². The Morgan fingerprint density at radius 2 is 2.33 bits per heavy atom. The Labute approximate surface area is 93.1 Å². The lowest BCUT2D eigenvalue weighted by atomic mass is 9.83. The highest BCUT2D eigenvalue weighted by molar-refractivity contribution is 7.57. The van der Waals surface area contributed by atoms with Crippen molar-refractivity contribution < 1.29 is 4.79 Å². The highest BCUT2D eigenvalue weighted by Gasteiger charge is 2.19. The molecule has 0 N–H and O–H groups in total. The number of allylic oxidation sites excluding steroid dienone is 6. The van der Waals surface area contributed by atoms with E-state index < -0.39 is 0 Å². The lowest BCUT2D eigenvalue weighted by molar-refractivity contribution is -0.109. The molecule has 1 nitrogen and oxygen atoms in total. The molecule has 0 saturated carbocycles. The normalized spacial score (nSPS) is 25.0. The van der Waals surface area contributed by atoms with E-state index in [-0.39, 0.29) is 0 Å². The molecular weight excluding hydrogens is 203 g/mol. The molecule has 80 valence electrons. The standard InChI is InChI=1S/C13H17OP/c1-10(14)15-9-12-7-4-6-11-5-2-3-8-13(11)12/h3-4,6,8,12,15H,2,5,7,9H2,1H3. The summed E-state index contributed by atoms with van der Waals surface area (Å²) in [6, 6.07) is 0. The van der Waals surface area contributed by atoms with Gasteiger partial charge in [0, 0.05) is 0 Å². The quantitative estimate of drug-likeness (QED) is 0.666. The van der Waals surface area contributed by atoms with Crippen LogP contribution in [0.2, 0.25) is 0 Å². The third-order valence-electron chi connectivity index (χ3n) is 3.03. The fraction of sp³-hybridized carbons (Fsp3) is 0.462. The van der Waals surface area contributed by atoms with Crippen molar-refractivity contribution in [3.63, 3.8) is 0 Å². The molecule has 0 amide bonds. The van der Waals surface area contributed by atoms with E-state index in [0.717, 1.165) is 12.6 Å². The van der Waals surface area contributed by atoms with E-state index >= 15 is 0 Å². The van der Waals surface area contributed by atoms with Gasteiger partial charge in [0.2, 0.25) is 0 Å². The fourth-order valence-electron chi connectivity index (χ4n) is 2.24. The largest absolute Gasteiger partial charge is 0.295 e. The zero-order valence-corrected chi connectivity index (χ0v) is 10.1. The molecule has 0 bridgehead atoms. The first kappa shape index (κ1) is 10.8. The average Bonchev–Trinajstić information content (AvgIpc) is 2.26. The molecule has 0 aromatic carbocycles. The van der Waals surface area contributed by atoms with E-state index in [1.807, 2.05) is 0 Å². The molecule has 0 fully saturated rings. The minimum absolute atomic E-state index is 0.339. The molecule has 2 aliphatic rings. The third kappa shape index (κ3) is 2.66. The van der Waals surface area contributed by atoms with Gasteiger partial charge in [-0.2, -0.15) is 0 Å². The van der Waals surface area contributed by atoms with Gasteiger partial charge < -0.3 is 0 Å². The van der Waals surface area contributed by atoms with Gasteiger partial charge in [-0.3, -0.25) is 4.79 Å². The molecule has 0 heterocycles. The molecule has 0 spiro atoms. The first-order chi connectivity index (χ1) is 7.27. The van der Waals surface area contributed by atoms with Gasteiger partial charge in [0.25, 0.3) is 0 Å². The predicted octanol–water partition coefficient (Wildman–Crippen LogP) is 3.43.